The highest BCUT2D eigenvalue weighted by atomic mass is 16.4. The van der Waals surface area contributed by atoms with Gasteiger partial charge in [0.1, 0.15) is 0 Å². The van der Waals surface area contributed by atoms with Crippen molar-refractivity contribution in [2.45, 2.75) is 25.7 Å². The summed E-state index contributed by atoms with van der Waals surface area (Å²) in [6.07, 6.45) is 3.09. The monoisotopic (exact) mass is 290 g/mol. The van der Waals surface area contributed by atoms with Crippen molar-refractivity contribution in [2.24, 2.45) is 5.92 Å². The van der Waals surface area contributed by atoms with Crippen LogP contribution in [0.15, 0.2) is 24.3 Å². The standard InChI is InChI=1S/C16H22N2O3/c1-18(9-7-15(19)20)16(21)17-8-6-12-10-13-4-2-3-5-14(13)11-12/h2-5,12H,6-11H2,1H3,(H,17,21)(H,19,20). The Kier molecular flexibility index (Phi) is 5.20. The third-order valence-corrected chi connectivity index (χ3v) is 3.97. The summed E-state index contributed by atoms with van der Waals surface area (Å²) in [7, 11) is 1.61. The minimum Gasteiger partial charge on any atom is -0.481 e. The molecule has 0 saturated heterocycles. The number of nitrogens with zero attached hydrogens (tertiary/aromatic N) is 1. The Bertz CT molecular complexity index is 491. The summed E-state index contributed by atoms with van der Waals surface area (Å²) in [5.41, 5.74) is 2.85. The van der Waals surface area contributed by atoms with Gasteiger partial charge in [0.15, 0.2) is 0 Å². The lowest BCUT2D eigenvalue weighted by molar-refractivity contribution is -0.137. The number of rotatable bonds is 6. The number of hydrogen-bond acceptors (Lipinski definition) is 2. The summed E-state index contributed by atoms with van der Waals surface area (Å²) in [6.45, 7) is 0.866. The SMILES string of the molecule is CN(CCC(=O)O)C(=O)NCCC1Cc2ccccc2C1. The van der Waals surface area contributed by atoms with E-state index in [1.165, 1.54) is 16.0 Å². The van der Waals surface area contributed by atoms with E-state index < -0.39 is 5.97 Å². The Morgan fingerprint density at radius 1 is 1.29 bits per heavy atom. The molecular weight excluding hydrogens is 268 g/mol. The molecule has 0 spiro atoms. The van der Waals surface area contributed by atoms with Crippen LogP contribution in [0.2, 0.25) is 0 Å². The Labute approximate surface area is 125 Å². The second-order valence-corrected chi connectivity index (χ2v) is 5.63. The van der Waals surface area contributed by atoms with Gasteiger partial charge in [-0.1, -0.05) is 24.3 Å². The number of amides is 2. The highest BCUT2D eigenvalue weighted by molar-refractivity contribution is 5.74. The van der Waals surface area contributed by atoms with Crippen LogP contribution in [0.3, 0.4) is 0 Å². The first-order valence-electron chi connectivity index (χ1n) is 7.34. The summed E-state index contributed by atoms with van der Waals surface area (Å²) in [6, 6.07) is 8.29. The molecule has 0 aromatic heterocycles. The molecule has 0 unspecified atom stereocenters. The molecule has 0 radical (unpaired) electrons. The Morgan fingerprint density at radius 2 is 1.90 bits per heavy atom. The third kappa shape index (κ3) is 4.48. The van der Waals surface area contributed by atoms with E-state index in [-0.39, 0.29) is 19.0 Å². The van der Waals surface area contributed by atoms with E-state index in [1.807, 2.05) is 0 Å². The maximum atomic E-state index is 11.8. The van der Waals surface area contributed by atoms with Crippen LogP contribution in [-0.4, -0.2) is 42.1 Å². The van der Waals surface area contributed by atoms with E-state index in [4.69, 9.17) is 5.11 Å². The van der Waals surface area contributed by atoms with E-state index in [9.17, 15) is 9.59 Å². The minimum atomic E-state index is -0.890. The van der Waals surface area contributed by atoms with Crippen LogP contribution in [0.4, 0.5) is 4.79 Å². The van der Waals surface area contributed by atoms with E-state index in [0.29, 0.717) is 12.5 Å². The molecule has 1 aliphatic carbocycles. The fraction of sp³-hybridized carbons (Fsp3) is 0.500. The average molecular weight is 290 g/mol. The first-order valence-corrected chi connectivity index (χ1v) is 7.34. The van der Waals surface area contributed by atoms with Gasteiger partial charge in [-0.25, -0.2) is 4.79 Å². The molecule has 2 N–H and O–H groups in total. The molecule has 114 valence electrons. The quantitative estimate of drug-likeness (QED) is 0.841. The minimum absolute atomic E-state index is 0.0259. The van der Waals surface area contributed by atoms with Crippen molar-refractivity contribution in [2.75, 3.05) is 20.1 Å². The van der Waals surface area contributed by atoms with Crippen LogP contribution < -0.4 is 5.32 Å². The highest BCUT2D eigenvalue weighted by Crippen LogP contribution is 2.28. The lowest BCUT2D eigenvalue weighted by atomic mass is 10.0. The first-order chi connectivity index (χ1) is 10.1. The van der Waals surface area contributed by atoms with Gasteiger partial charge >= 0.3 is 12.0 Å². The van der Waals surface area contributed by atoms with E-state index in [0.717, 1.165) is 19.3 Å². The molecule has 2 amide bonds. The largest absolute Gasteiger partial charge is 0.481 e. The summed E-state index contributed by atoms with van der Waals surface area (Å²) >= 11 is 0. The lowest BCUT2D eigenvalue weighted by Gasteiger charge is -2.17. The fourth-order valence-corrected chi connectivity index (χ4v) is 2.74. The predicted molar refractivity (Wildman–Crippen MR) is 80.2 cm³/mol. The first kappa shape index (κ1) is 15.4. The summed E-state index contributed by atoms with van der Waals surface area (Å²) in [5, 5.41) is 11.4. The maximum Gasteiger partial charge on any atom is 0.317 e. The molecule has 0 saturated carbocycles. The molecule has 0 bridgehead atoms. The van der Waals surface area contributed by atoms with Crippen molar-refractivity contribution in [1.82, 2.24) is 10.2 Å². The van der Waals surface area contributed by atoms with Crippen molar-refractivity contribution in [3.05, 3.63) is 35.4 Å². The summed E-state index contributed by atoms with van der Waals surface area (Å²) in [4.78, 5) is 23.6. The number of carbonyl (C=O) groups is 2. The molecule has 1 aromatic carbocycles. The van der Waals surface area contributed by atoms with E-state index in [1.54, 1.807) is 7.05 Å². The molecule has 5 heteroatoms. The topological polar surface area (TPSA) is 69.6 Å². The van der Waals surface area contributed by atoms with E-state index in [2.05, 4.69) is 29.6 Å². The van der Waals surface area contributed by atoms with Crippen molar-refractivity contribution in [1.29, 1.82) is 0 Å². The molecule has 0 fully saturated rings. The maximum absolute atomic E-state index is 11.8. The molecule has 2 rings (SSSR count). The predicted octanol–water partition coefficient (Wildman–Crippen LogP) is 1.91. The Balaban J connectivity index is 1.66. The Hall–Kier alpha value is -2.04. The molecule has 1 aliphatic rings. The zero-order valence-electron chi connectivity index (χ0n) is 12.3. The Morgan fingerprint density at radius 3 is 2.48 bits per heavy atom. The molecule has 0 aliphatic heterocycles. The van der Waals surface area contributed by atoms with Gasteiger partial charge in [0, 0.05) is 20.1 Å². The average Bonchev–Trinajstić information content (AvgIpc) is 2.87. The summed E-state index contributed by atoms with van der Waals surface area (Å²) in [5.74, 6) is -0.301. The van der Waals surface area contributed by atoms with Gasteiger partial charge in [-0.3, -0.25) is 4.79 Å². The van der Waals surface area contributed by atoms with Crippen molar-refractivity contribution >= 4 is 12.0 Å². The van der Waals surface area contributed by atoms with Gasteiger partial charge in [-0.2, -0.15) is 0 Å². The number of carboxylic acids is 1. The van der Waals surface area contributed by atoms with Gasteiger partial charge < -0.3 is 15.3 Å². The van der Waals surface area contributed by atoms with Gasteiger partial charge in [0.25, 0.3) is 0 Å². The van der Waals surface area contributed by atoms with Gasteiger partial charge in [-0.15, -0.1) is 0 Å². The number of carbonyl (C=O) groups excluding carboxylic acids is 1. The highest BCUT2D eigenvalue weighted by Gasteiger charge is 2.20. The number of aliphatic carboxylic acids is 1. The van der Waals surface area contributed by atoms with Crippen molar-refractivity contribution in [3.63, 3.8) is 0 Å². The smallest absolute Gasteiger partial charge is 0.317 e. The van der Waals surface area contributed by atoms with Gasteiger partial charge in [0.05, 0.1) is 6.42 Å². The molecule has 0 atom stereocenters. The lowest BCUT2D eigenvalue weighted by Crippen LogP contribution is -2.39. The van der Waals surface area contributed by atoms with Crippen LogP contribution in [-0.2, 0) is 17.6 Å². The molecule has 21 heavy (non-hydrogen) atoms. The zero-order valence-corrected chi connectivity index (χ0v) is 12.3. The number of hydrogen-bond donors (Lipinski definition) is 2. The second kappa shape index (κ2) is 7.11. The van der Waals surface area contributed by atoms with Crippen LogP contribution in [0.25, 0.3) is 0 Å². The summed E-state index contributed by atoms with van der Waals surface area (Å²) < 4.78 is 0. The number of carboxylic acid groups (broad SMARTS) is 1. The normalized spacial score (nSPS) is 13.8. The molecular formula is C16H22N2O3. The second-order valence-electron chi connectivity index (χ2n) is 5.63. The third-order valence-electron chi connectivity index (χ3n) is 3.97. The zero-order chi connectivity index (χ0) is 15.2. The molecule has 0 heterocycles. The number of benzene rings is 1. The van der Waals surface area contributed by atoms with Crippen LogP contribution in [0.5, 0.6) is 0 Å². The number of fused-ring (bicyclic) bond motifs is 1. The molecule has 5 nitrogen and oxygen atoms in total. The van der Waals surface area contributed by atoms with Crippen molar-refractivity contribution in [3.8, 4) is 0 Å². The number of urea groups is 1. The fourth-order valence-electron chi connectivity index (χ4n) is 2.74. The van der Waals surface area contributed by atoms with Gasteiger partial charge in [0.2, 0.25) is 0 Å². The van der Waals surface area contributed by atoms with Crippen molar-refractivity contribution < 1.29 is 14.7 Å². The van der Waals surface area contributed by atoms with Crippen LogP contribution in [0.1, 0.15) is 24.0 Å². The molecule has 1 aromatic rings. The van der Waals surface area contributed by atoms with Crippen LogP contribution in [0, 0.1) is 5.92 Å². The number of nitrogens with one attached hydrogen (secondary N) is 1. The van der Waals surface area contributed by atoms with Gasteiger partial charge in [-0.05, 0) is 36.3 Å². The van der Waals surface area contributed by atoms with Crippen LogP contribution >= 0.6 is 0 Å². The van der Waals surface area contributed by atoms with E-state index >= 15 is 0 Å².